The molecule has 1 atom stereocenters. The quantitative estimate of drug-likeness (QED) is 0.676. The van der Waals surface area contributed by atoms with Crippen molar-refractivity contribution in [3.63, 3.8) is 0 Å². The predicted octanol–water partition coefficient (Wildman–Crippen LogP) is 4.79. The van der Waals surface area contributed by atoms with Crippen molar-refractivity contribution in [3.05, 3.63) is 54.9 Å². The molecule has 0 fully saturated rings. The molecular formula is C15H12Br3NO2. The van der Waals surface area contributed by atoms with Crippen LogP contribution in [0.4, 0.5) is 0 Å². The Kier molecular flexibility index (Phi) is 4.59. The molecule has 1 aliphatic heterocycles. The summed E-state index contributed by atoms with van der Waals surface area (Å²) in [6.45, 7) is 1.13. The molecule has 0 spiro atoms. The first-order valence-corrected chi connectivity index (χ1v) is 8.73. The van der Waals surface area contributed by atoms with E-state index in [1.54, 1.807) is 0 Å². The summed E-state index contributed by atoms with van der Waals surface area (Å²) in [5, 5.41) is 0. The van der Waals surface area contributed by atoms with E-state index in [1.807, 2.05) is 30.3 Å². The van der Waals surface area contributed by atoms with Crippen molar-refractivity contribution in [3.8, 4) is 11.5 Å². The Bertz CT molecular complexity index is 691. The lowest BCUT2D eigenvalue weighted by Gasteiger charge is -2.22. The molecule has 6 heteroatoms. The van der Waals surface area contributed by atoms with Crippen molar-refractivity contribution in [2.45, 2.75) is 6.04 Å². The molecule has 0 saturated carbocycles. The zero-order chi connectivity index (χ0) is 15.0. The molecular weight excluding hydrogens is 466 g/mol. The molecule has 21 heavy (non-hydrogen) atoms. The summed E-state index contributed by atoms with van der Waals surface area (Å²) in [6, 6.07) is 9.56. The zero-order valence-electron chi connectivity index (χ0n) is 10.9. The molecule has 2 aromatic carbocycles. The average molecular weight is 478 g/mol. The van der Waals surface area contributed by atoms with Gasteiger partial charge in [-0.05, 0) is 35.4 Å². The van der Waals surface area contributed by atoms with Crippen LogP contribution in [0.5, 0.6) is 11.5 Å². The Balaban J connectivity index is 2.03. The van der Waals surface area contributed by atoms with Crippen LogP contribution < -0.4 is 15.2 Å². The fourth-order valence-corrected chi connectivity index (χ4v) is 4.10. The molecule has 1 aliphatic rings. The van der Waals surface area contributed by atoms with Crippen LogP contribution in [0.15, 0.2) is 43.7 Å². The number of ether oxygens (including phenoxy) is 2. The highest BCUT2D eigenvalue weighted by Gasteiger charge is 2.20. The highest BCUT2D eigenvalue weighted by molar-refractivity contribution is 9.11. The van der Waals surface area contributed by atoms with E-state index < -0.39 is 0 Å². The van der Waals surface area contributed by atoms with Gasteiger partial charge in [-0.25, -0.2) is 0 Å². The standard InChI is InChI=1S/C15H12Br3NO2/c16-8-1-2-9(11(17)5-8)15(19)10-6-13-14(7-12(10)18)21-4-3-20-13/h1-2,5-7,15H,3-4,19H2. The van der Waals surface area contributed by atoms with E-state index in [0.29, 0.717) is 13.2 Å². The maximum atomic E-state index is 6.43. The Hall–Kier alpha value is -0.560. The van der Waals surface area contributed by atoms with Crippen molar-refractivity contribution in [2.75, 3.05) is 13.2 Å². The van der Waals surface area contributed by atoms with E-state index in [0.717, 1.165) is 36.0 Å². The van der Waals surface area contributed by atoms with Crippen LogP contribution in [-0.2, 0) is 0 Å². The smallest absolute Gasteiger partial charge is 0.162 e. The maximum Gasteiger partial charge on any atom is 0.162 e. The van der Waals surface area contributed by atoms with E-state index in [-0.39, 0.29) is 6.04 Å². The second-order valence-electron chi connectivity index (χ2n) is 4.66. The van der Waals surface area contributed by atoms with E-state index in [2.05, 4.69) is 47.8 Å². The molecule has 0 aromatic heterocycles. The highest BCUT2D eigenvalue weighted by atomic mass is 79.9. The second kappa shape index (κ2) is 6.28. The van der Waals surface area contributed by atoms with Crippen molar-refractivity contribution < 1.29 is 9.47 Å². The van der Waals surface area contributed by atoms with Crippen LogP contribution in [0, 0.1) is 0 Å². The summed E-state index contributed by atoms with van der Waals surface area (Å²) >= 11 is 10.6. The van der Waals surface area contributed by atoms with Crippen LogP contribution in [0.1, 0.15) is 17.2 Å². The van der Waals surface area contributed by atoms with Gasteiger partial charge < -0.3 is 15.2 Å². The van der Waals surface area contributed by atoms with E-state index in [9.17, 15) is 0 Å². The van der Waals surface area contributed by atoms with E-state index in [4.69, 9.17) is 15.2 Å². The summed E-state index contributed by atoms with van der Waals surface area (Å²) in [5.74, 6) is 1.49. The molecule has 0 saturated heterocycles. The lowest BCUT2D eigenvalue weighted by atomic mass is 9.99. The van der Waals surface area contributed by atoms with Gasteiger partial charge in [-0.2, -0.15) is 0 Å². The number of fused-ring (bicyclic) bond motifs is 1. The minimum Gasteiger partial charge on any atom is -0.486 e. The van der Waals surface area contributed by atoms with Gasteiger partial charge in [-0.3, -0.25) is 0 Å². The molecule has 110 valence electrons. The van der Waals surface area contributed by atoms with Gasteiger partial charge in [0, 0.05) is 13.4 Å². The lowest BCUT2D eigenvalue weighted by molar-refractivity contribution is 0.171. The molecule has 0 bridgehead atoms. The number of benzene rings is 2. The van der Waals surface area contributed by atoms with Crippen molar-refractivity contribution >= 4 is 47.8 Å². The fourth-order valence-electron chi connectivity index (χ4n) is 2.24. The Labute approximate surface area is 148 Å². The summed E-state index contributed by atoms with van der Waals surface area (Å²) < 4.78 is 14.1. The maximum absolute atomic E-state index is 6.43. The van der Waals surface area contributed by atoms with Gasteiger partial charge in [0.25, 0.3) is 0 Å². The van der Waals surface area contributed by atoms with Crippen molar-refractivity contribution in [1.82, 2.24) is 0 Å². The third kappa shape index (κ3) is 3.13. The van der Waals surface area contributed by atoms with Gasteiger partial charge >= 0.3 is 0 Å². The largest absolute Gasteiger partial charge is 0.486 e. The normalized spacial score (nSPS) is 14.9. The van der Waals surface area contributed by atoms with Crippen molar-refractivity contribution in [2.24, 2.45) is 5.73 Å². The number of rotatable bonds is 2. The van der Waals surface area contributed by atoms with E-state index in [1.165, 1.54) is 0 Å². The third-order valence-corrected chi connectivity index (χ3v) is 5.16. The number of hydrogen-bond acceptors (Lipinski definition) is 3. The molecule has 1 heterocycles. The molecule has 2 N–H and O–H groups in total. The molecule has 1 unspecified atom stereocenters. The van der Waals surface area contributed by atoms with Gasteiger partial charge in [0.15, 0.2) is 11.5 Å². The molecule has 3 rings (SSSR count). The van der Waals surface area contributed by atoms with Crippen LogP contribution in [-0.4, -0.2) is 13.2 Å². The topological polar surface area (TPSA) is 44.5 Å². The van der Waals surface area contributed by atoms with Crippen LogP contribution in [0.2, 0.25) is 0 Å². The summed E-state index contributed by atoms with van der Waals surface area (Å²) in [5.41, 5.74) is 8.40. The van der Waals surface area contributed by atoms with Gasteiger partial charge in [-0.1, -0.05) is 53.9 Å². The van der Waals surface area contributed by atoms with Crippen LogP contribution in [0.25, 0.3) is 0 Å². The van der Waals surface area contributed by atoms with Gasteiger partial charge in [0.2, 0.25) is 0 Å². The first-order valence-electron chi connectivity index (χ1n) is 6.36. The lowest BCUT2D eigenvalue weighted by Crippen LogP contribution is -2.18. The van der Waals surface area contributed by atoms with Crippen LogP contribution in [0.3, 0.4) is 0 Å². The fraction of sp³-hybridized carbons (Fsp3) is 0.200. The molecule has 0 aliphatic carbocycles. The molecule has 0 radical (unpaired) electrons. The van der Waals surface area contributed by atoms with Gasteiger partial charge in [0.05, 0.1) is 6.04 Å². The molecule has 0 amide bonds. The number of halogens is 3. The predicted molar refractivity (Wildman–Crippen MR) is 93.0 cm³/mol. The first-order chi connectivity index (χ1) is 10.1. The Morgan fingerprint density at radius 1 is 0.857 bits per heavy atom. The molecule has 2 aromatic rings. The monoisotopic (exact) mass is 475 g/mol. The highest BCUT2D eigenvalue weighted by Crippen LogP contribution is 2.40. The minimum absolute atomic E-state index is 0.266. The first kappa shape index (κ1) is 15.3. The second-order valence-corrected chi connectivity index (χ2v) is 7.29. The minimum atomic E-state index is -0.266. The van der Waals surface area contributed by atoms with Crippen molar-refractivity contribution in [1.29, 1.82) is 0 Å². The third-order valence-electron chi connectivity index (χ3n) is 3.29. The summed E-state index contributed by atoms with van der Waals surface area (Å²) in [7, 11) is 0. The average Bonchev–Trinajstić information content (AvgIpc) is 2.46. The van der Waals surface area contributed by atoms with E-state index >= 15 is 0 Å². The Morgan fingerprint density at radius 3 is 2.14 bits per heavy atom. The van der Waals surface area contributed by atoms with Crippen LogP contribution >= 0.6 is 47.8 Å². The van der Waals surface area contributed by atoms with Gasteiger partial charge in [0.1, 0.15) is 13.2 Å². The number of hydrogen-bond donors (Lipinski definition) is 1. The Morgan fingerprint density at radius 2 is 1.48 bits per heavy atom. The molecule has 3 nitrogen and oxygen atoms in total. The zero-order valence-corrected chi connectivity index (χ0v) is 15.7. The summed E-state index contributed by atoms with van der Waals surface area (Å²) in [4.78, 5) is 0. The SMILES string of the molecule is NC(c1ccc(Br)cc1Br)c1cc2c(cc1Br)OCCO2. The van der Waals surface area contributed by atoms with Gasteiger partial charge in [-0.15, -0.1) is 0 Å². The summed E-state index contributed by atoms with van der Waals surface area (Å²) in [6.07, 6.45) is 0. The number of nitrogens with two attached hydrogens (primary N) is 1.